The SMILES string of the molecule is CN(CC1(N(C)C)CCC1)C(=O)c1csc(C#CCO)c1. The van der Waals surface area contributed by atoms with Gasteiger partial charge in [0.25, 0.3) is 5.91 Å². The fraction of sp³-hybridized carbons (Fsp3) is 0.562. The lowest BCUT2D eigenvalue weighted by Crippen LogP contribution is -2.57. The van der Waals surface area contributed by atoms with Crippen LogP contribution in [0.3, 0.4) is 0 Å². The molecule has 1 heterocycles. The number of hydrogen-bond donors (Lipinski definition) is 1. The minimum absolute atomic E-state index is 0.0384. The predicted octanol–water partition coefficient (Wildman–Crippen LogP) is 1.65. The summed E-state index contributed by atoms with van der Waals surface area (Å²) in [6.07, 6.45) is 3.53. The van der Waals surface area contributed by atoms with Gasteiger partial charge in [-0.3, -0.25) is 4.79 Å². The van der Waals surface area contributed by atoms with Crippen molar-refractivity contribution in [2.45, 2.75) is 24.8 Å². The molecular formula is C16H22N2O2S. The zero-order chi connectivity index (χ0) is 15.5. The first-order valence-corrected chi connectivity index (χ1v) is 7.98. The Hall–Kier alpha value is -1.35. The summed E-state index contributed by atoms with van der Waals surface area (Å²) in [6.45, 7) is 0.596. The van der Waals surface area contributed by atoms with Gasteiger partial charge in [-0.25, -0.2) is 0 Å². The molecule has 0 atom stereocenters. The van der Waals surface area contributed by atoms with Gasteiger partial charge in [0.2, 0.25) is 0 Å². The number of aliphatic hydroxyl groups is 1. The van der Waals surface area contributed by atoms with Crippen molar-refractivity contribution in [2.75, 3.05) is 34.3 Å². The van der Waals surface area contributed by atoms with E-state index in [9.17, 15) is 4.79 Å². The highest BCUT2D eigenvalue weighted by Gasteiger charge is 2.40. The summed E-state index contributed by atoms with van der Waals surface area (Å²) in [6, 6.07) is 1.80. The van der Waals surface area contributed by atoms with Crippen LogP contribution in [0.1, 0.15) is 34.5 Å². The Balaban J connectivity index is 2.04. The summed E-state index contributed by atoms with van der Waals surface area (Å²) in [5, 5.41) is 10.5. The van der Waals surface area contributed by atoms with Crippen molar-refractivity contribution in [3.63, 3.8) is 0 Å². The molecule has 1 aromatic heterocycles. The summed E-state index contributed by atoms with van der Waals surface area (Å²) in [4.78, 5) is 17.4. The maximum Gasteiger partial charge on any atom is 0.254 e. The number of carbonyl (C=O) groups is 1. The van der Waals surface area contributed by atoms with Gasteiger partial charge >= 0.3 is 0 Å². The Bertz CT molecular complexity index is 564. The number of amides is 1. The molecule has 0 unspecified atom stereocenters. The first-order valence-electron chi connectivity index (χ1n) is 7.10. The van der Waals surface area contributed by atoms with Gasteiger partial charge in [-0.2, -0.15) is 0 Å². The fourth-order valence-electron chi connectivity index (χ4n) is 2.71. The minimum atomic E-state index is -0.160. The third-order valence-corrected chi connectivity index (χ3v) is 5.09. The first-order chi connectivity index (χ1) is 9.98. The molecule has 1 N–H and O–H groups in total. The van der Waals surface area contributed by atoms with E-state index in [0.717, 1.165) is 24.3 Å². The highest BCUT2D eigenvalue weighted by Crippen LogP contribution is 2.36. The standard InChI is InChI=1S/C16H22N2O2S/c1-17(2)16(7-5-8-16)12-18(3)15(20)13-10-14(21-11-13)6-4-9-19/h10-11,19H,5,7-9,12H2,1-3H3. The predicted molar refractivity (Wildman–Crippen MR) is 85.5 cm³/mol. The molecule has 1 fully saturated rings. The van der Waals surface area contributed by atoms with E-state index in [4.69, 9.17) is 5.11 Å². The van der Waals surface area contributed by atoms with Crippen LogP contribution < -0.4 is 0 Å². The molecule has 4 nitrogen and oxygen atoms in total. The van der Waals surface area contributed by atoms with E-state index in [1.165, 1.54) is 17.8 Å². The van der Waals surface area contributed by atoms with Gasteiger partial charge in [0.15, 0.2) is 0 Å². The molecule has 0 spiro atoms. The average Bonchev–Trinajstić information content (AvgIpc) is 2.87. The van der Waals surface area contributed by atoms with Crippen LogP contribution >= 0.6 is 11.3 Å². The first kappa shape index (κ1) is 16.0. The van der Waals surface area contributed by atoms with Gasteiger partial charge in [0.1, 0.15) is 6.61 Å². The van der Waals surface area contributed by atoms with Crippen LogP contribution in [0, 0.1) is 11.8 Å². The van der Waals surface area contributed by atoms with Crippen molar-refractivity contribution in [2.24, 2.45) is 0 Å². The molecule has 2 rings (SSSR count). The molecule has 0 radical (unpaired) electrons. The quantitative estimate of drug-likeness (QED) is 0.860. The lowest BCUT2D eigenvalue weighted by Gasteiger charge is -2.49. The van der Waals surface area contributed by atoms with Gasteiger partial charge in [0, 0.05) is 24.5 Å². The van der Waals surface area contributed by atoms with Crippen LogP contribution in [0.2, 0.25) is 0 Å². The summed E-state index contributed by atoms with van der Waals surface area (Å²) in [5.74, 6) is 5.48. The Labute approximate surface area is 130 Å². The Morgan fingerprint density at radius 3 is 2.67 bits per heavy atom. The van der Waals surface area contributed by atoms with Gasteiger partial charge in [-0.15, -0.1) is 11.3 Å². The third kappa shape index (κ3) is 3.46. The summed E-state index contributed by atoms with van der Waals surface area (Å²) in [5.41, 5.74) is 0.818. The highest BCUT2D eigenvalue weighted by molar-refractivity contribution is 7.10. The van der Waals surface area contributed by atoms with Crippen LogP contribution in [-0.2, 0) is 0 Å². The number of carbonyl (C=O) groups excluding carboxylic acids is 1. The van der Waals surface area contributed by atoms with E-state index >= 15 is 0 Å². The van der Waals surface area contributed by atoms with Crippen molar-refractivity contribution in [3.05, 3.63) is 21.9 Å². The van der Waals surface area contributed by atoms with Crippen molar-refractivity contribution in [3.8, 4) is 11.8 Å². The molecule has 1 aromatic rings. The van der Waals surface area contributed by atoms with E-state index in [0.29, 0.717) is 5.56 Å². The molecule has 114 valence electrons. The van der Waals surface area contributed by atoms with E-state index in [1.54, 1.807) is 6.07 Å². The van der Waals surface area contributed by atoms with Gasteiger partial charge in [-0.1, -0.05) is 11.8 Å². The third-order valence-electron chi connectivity index (χ3n) is 4.25. The smallest absolute Gasteiger partial charge is 0.254 e. The molecular weight excluding hydrogens is 284 g/mol. The van der Waals surface area contributed by atoms with Gasteiger partial charge in [0.05, 0.1) is 10.4 Å². The van der Waals surface area contributed by atoms with Crippen molar-refractivity contribution < 1.29 is 9.90 Å². The van der Waals surface area contributed by atoms with Crippen LogP contribution in [0.4, 0.5) is 0 Å². The van der Waals surface area contributed by atoms with E-state index in [2.05, 4.69) is 30.8 Å². The molecule has 1 saturated carbocycles. The minimum Gasteiger partial charge on any atom is -0.384 e. The van der Waals surface area contributed by atoms with Crippen molar-refractivity contribution in [1.82, 2.24) is 9.80 Å². The van der Waals surface area contributed by atoms with Gasteiger partial charge < -0.3 is 14.9 Å². The number of nitrogens with zero attached hydrogens (tertiary/aromatic N) is 2. The molecule has 0 aromatic carbocycles. The topological polar surface area (TPSA) is 43.8 Å². The molecule has 0 saturated heterocycles. The maximum atomic E-state index is 12.5. The monoisotopic (exact) mass is 306 g/mol. The van der Waals surface area contributed by atoms with Crippen LogP contribution in [0.25, 0.3) is 0 Å². The largest absolute Gasteiger partial charge is 0.384 e. The summed E-state index contributed by atoms with van der Waals surface area (Å²) < 4.78 is 0. The van der Waals surface area contributed by atoms with Crippen molar-refractivity contribution >= 4 is 17.2 Å². The van der Waals surface area contributed by atoms with Crippen LogP contribution in [0.5, 0.6) is 0 Å². The van der Waals surface area contributed by atoms with Gasteiger partial charge in [-0.05, 0) is 39.4 Å². The fourth-order valence-corrected chi connectivity index (χ4v) is 3.45. The van der Waals surface area contributed by atoms with Crippen LogP contribution in [0.15, 0.2) is 11.4 Å². The molecule has 1 amide bonds. The summed E-state index contributed by atoms with van der Waals surface area (Å²) >= 11 is 1.44. The number of aliphatic hydroxyl groups excluding tert-OH is 1. The molecule has 21 heavy (non-hydrogen) atoms. The Kier molecular flexibility index (Phi) is 5.04. The highest BCUT2D eigenvalue weighted by atomic mass is 32.1. The average molecular weight is 306 g/mol. The normalized spacial score (nSPS) is 16.0. The second kappa shape index (κ2) is 6.61. The zero-order valence-electron chi connectivity index (χ0n) is 12.8. The Morgan fingerprint density at radius 2 is 2.14 bits per heavy atom. The molecule has 1 aliphatic rings. The molecule has 1 aliphatic carbocycles. The maximum absolute atomic E-state index is 12.5. The number of rotatable bonds is 4. The molecule has 0 aliphatic heterocycles. The Morgan fingerprint density at radius 1 is 1.43 bits per heavy atom. The van der Waals surface area contributed by atoms with E-state index in [1.807, 2.05) is 17.3 Å². The second-order valence-electron chi connectivity index (χ2n) is 5.79. The lowest BCUT2D eigenvalue weighted by atomic mass is 9.75. The lowest BCUT2D eigenvalue weighted by molar-refractivity contribution is 0.0253. The summed E-state index contributed by atoms with van der Waals surface area (Å²) in [7, 11) is 6.04. The second-order valence-corrected chi connectivity index (χ2v) is 6.70. The van der Waals surface area contributed by atoms with Crippen LogP contribution in [-0.4, -0.2) is 60.6 Å². The van der Waals surface area contributed by atoms with Crippen molar-refractivity contribution in [1.29, 1.82) is 0 Å². The van der Waals surface area contributed by atoms with E-state index < -0.39 is 0 Å². The zero-order valence-corrected chi connectivity index (χ0v) is 13.7. The number of thiophene rings is 1. The molecule has 5 heteroatoms. The number of hydrogen-bond acceptors (Lipinski definition) is 4. The number of likely N-dealkylation sites (N-methyl/N-ethyl adjacent to an activating group) is 2. The van der Waals surface area contributed by atoms with E-state index in [-0.39, 0.29) is 18.1 Å². The molecule has 0 bridgehead atoms.